The highest BCUT2D eigenvalue weighted by atomic mass is 15.3. The Morgan fingerprint density at radius 3 is 2.75 bits per heavy atom. The quantitative estimate of drug-likeness (QED) is 0.851. The number of rotatable bonds is 3. The van der Waals surface area contributed by atoms with Crippen LogP contribution in [0.15, 0.2) is 30.6 Å². The number of nitrogens with two attached hydrogens (primary N) is 1. The molecule has 0 aromatic carbocycles. The van der Waals surface area contributed by atoms with Gasteiger partial charge in [0.2, 0.25) is 0 Å². The summed E-state index contributed by atoms with van der Waals surface area (Å²) >= 11 is 0. The van der Waals surface area contributed by atoms with Crippen LogP contribution >= 0.6 is 0 Å². The molecule has 2 aromatic rings. The number of hydrogen-bond acceptors (Lipinski definition) is 3. The minimum Gasteiger partial charge on any atom is -0.326 e. The maximum absolute atomic E-state index is 5.68. The Bertz CT molecular complexity index is 460. The van der Waals surface area contributed by atoms with Crippen molar-refractivity contribution in [3.05, 3.63) is 41.9 Å². The molecule has 16 heavy (non-hydrogen) atoms. The van der Waals surface area contributed by atoms with Crippen LogP contribution in [0.3, 0.4) is 0 Å². The van der Waals surface area contributed by atoms with Crippen molar-refractivity contribution in [3.63, 3.8) is 0 Å². The molecule has 4 nitrogen and oxygen atoms in total. The summed E-state index contributed by atoms with van der Waals surface area (Å²) in [5, 5.41) is 4.18. The van der Waals surface area contributed by atoms with Gasteiger partial charge in [-0.25, -0.2) is 9.67 Å². The van der Waals surface area contributed by atoms with Crippen molar-refractivity contribution in [2.75, 3.05) is 0 Å². The van der Waals surface area contributed by atoms with Crippen LogP contribution in [0.1, 0.15) is 31.0 Å². The van der Waals surface area contributed by atoms with Gasteiger partial charge in [0.1, 0.15) is 0 Å². The lowest BCUT2D eigenvalue weighted by molar-refractivity contribution is 0.777. The van der Waals surface area contributed by atoms with E-state index in [4.69, 9.17) is 5.73 Å². The SMILES string of the molecule is CC(C)c1cc(CN)cc(-n2cccn2)n1. The summed E-state index contributed by atoms with van der Waals surface area (Å²) in [6, 6.07) is 5.91. The van der Waals surface area contributed by atoms with E-state index < -0.39 is 0 Å². The first-order valence-corrected chi connectivity index (χ1v) is 5.41. The Morgan fingerprint density at radius 1 is 1.38 bits per heavy atom. The average Bonchev–Trinajstić information content (AvgIpc) is 2.81. The molecule has 0 aliphatic carbocycles. The van der Waals surface area contributed by atoms with Crippen molar-refractivity contribution in [3.8, 4) is 5.82 Å². The van der Waals surface area contributed by atoms with Crippen LogP contribution in [0.4, 0.5) is 0 Å². The summed E-state index contributed by atoms with van der Waals surface area (Å²) in [5.74, 6) is 1.22. The summed E-state index contributed by atoms with van der Waals surface area (Å²) < 4.78 is 1.76. The smallest absolute Gasteiger partial charge is 0.153 e. The van der Waals surface area contributed by atoms with Crippen molar-refractivity contribution in [2.24, 2.45) is 5.73 Å². The molecule has 0 bridgehead atoms. The maximum Gasteiger partial charge on any atom is 0.153 e. The molecule has 0 spiro atoms. The molecule has 2 aromatic heterocycles. The summed E-state index contributed by atoms with van der Waals surface area (Å²) in [6.45, 7) is 4.77. The molecule has 84 valence electrons. The predicted octanol–water partition coefficient (Wildman–Crippen LogP) is 1.85. The van der Waals surface area contributed by atoms with E-state index in [2.05, 4.69) is 30.0 Å². The minimum atomic E-state index is 0.390. The molecule has 0 aliphatic rings. The van der Waals surface area contributed by atoms with Gasteiger partial charge in [0.15, 0.2) is 5.82 Å². The van der Waals surface area contributed by atoms with E-state index in [9.17, 15) is 0 Å². The lowest BCUT2D eigenvalue weighted by Gasteiger charge is -2.10. The van der Waals surface area contributed by atoms with Gasteiger partial charge >= 0.3 is 0 Å². The molecule has 0 amide bonds. The highest BCUT2D eigenvalue weighted by molar-refractivity contribution is 5.31. The van der Waals surface area contributed by atoms with Crippen molar-refractivity contribution in [2.45, 2.75) is 26.3 Å². The number of aromatic nitrogens is 3. The molecule has 0 aliphatic heterocycles. The molecule has 2 heterocycles. The zero-order valence-electron chi connectivity index (χ0n) is 9.59. The summed E-state index contributed by atoms with van der Waals surface area (Å²) in [7, 11) is 0. The highest BCUT2D eigenvalue weighted by Crippen LogP contribution is 2.16. The van der Waals surface area contributed by atoms with Crippen LogP contribution in [0.2, 0.25) is 0 Å². The van der Waals surface area contributed by atoms with Gasteiger partial charge in [-0.1, -0.05) is 13.8 Å². The van der Waals surface area contributed by atoms with Gasteiger partial charge in [-0.3, -0.25) is 0 Å². The second-order valence-electron chi connectivity index (χ2n) is 4.07. The van der Waals surface area contributed by atoms with Crippen LogP contribution < -0.4 is 5.73 Å². The largest absolute Gasteiger partial charge is 0.326 e. The molecule has 2 rings (SSSR count). The van der Waals surface area contributed by atoms with Gasteiger partial charge in [-0.15, -0.1) is 0 Å². The molecule has 0 saturated heterocycles. The minimum absolute atomic E-state index is 0.390. The Balaban J connectivity index is 2.49. The predicted molar refractivity (Wildman–Crippen MR) is 63.3 cm³/mol. The van der Waals surface area contributed by atoms with Crippen LogP contribution in [0.25, 0.3) is 5.82 Å². The third kappa shape index (κ3) is 2.12. The van der Waals surface area contributed by atoms with Crippen molar-refractivity contribution in [1.82, 2.24) is 14.8 Å². The molecule has 0 unspecified atom stereocenters. The van der Waals surface area contributed by atoms with Gasteiger partial charge in [0.05, 0.1) is 0 Å². The van der Waals surface area contributed by atoms with Crippen LogP contribution in [0.5, 0.6) is 0 Å². The number of hydrogen-bond donors (Lipinski definition) is 1. The first-order chi connectivity index (χ1) is 7.70. The van der Waals surface area contributed by atoms with E-state index >= 15 is 0 Å². The topological polar surface area (TPSA) is 56.7 Å². The second-order valence-corrected chi connectivity index (χ2v) is 4.07. The molecule has 0 saturated carbocycles. The first-order valence-electron chi connectivity index (χ1n) is 5.41. The molecule has 4 heteroatoms. The zero-order valence-corrected chi connectivity index (χ0v) is 9.59. The van der Waals surface area contributed by atoms with Gasteiger partial charge in [-0.2, -0.15) is 5.10 Å². The monoisotopic (exact) mass is 216 g/mol. The van der Waals surface area contributed by atoms with Crippen molar-refractivity contribution in [1.29, 1.82) is 0 Å². The van der Waals surface area contributed by atoms with E-state index in [0.29, 0.717) is 12.5 Å². The van der Waals surface area contributed by atoms with E-state index in [-0.39, 0.29) is 0 Å². The van der Waals surface area contributed by atoms with Crippen molar-refractivity contribution >= 4 is 0 Å². The Labute approximate surface area is 95.1 Å². The summed E-state index contributed by atoms with van der Waals surface area (Å²) in [6.07, 6.45) is 3.62. The normalized spacial score (nSPS) is 11.0. The van der Waals surface area contributed by atoms with Crippen LogP contribution in [0, 0.1) is 0 Å². The Kier molecular flexibility index (Phi) is 3.01. The van der Waals surface area contributed by atoms with Gasteiger partial charge in [0.25, 0.3) is 0 Å². The highest BCUT2D eigenvalue weighted by Gasteiger charge is 2.06. The first kappa shape index (κ1) is 10.8. The lowest BCUT2D eigenvalue weighted by atomic mass is 10.1. The number of pyridine rings is 1. The van der Waals surface area contributed by atoms with Crippen LogP contribution in [-0.4, -0.2) is 14.8 Å². The number of nitrogens with zero attached hydrogens (tertiary/aromatic N) is 3. The fraction of sp³-hybridized carbons (Fsp3) is 0.333. The molecule has 0 radical (unpaired) electrons. The lowest BCUT2D eigenvalue weighted by Crippen LogP contribution is -2.06. The zero-order chi connectivity index (χ0) is 11.5. The fourth-order valence-electron chi connectivity index (χ4n) is 1.53. The molecule has 2 N–H and O–H groups in total. The standard InChI is InChI=1S/C12H16N4/c1-9(2)11-6-10(8-13)7-12(15-11)16-5-3-4-14-16/h3-7,9H,8,13H2,1-2H3. The van der Waals surface area contributed by atoms with Crippen LogP contribution in [-0.2, 0) is 6.54 Å². The molecule has 0 atom stereocenters. The average molecular weight is 216 g/mol. The second kappa shape index (κ2) is 4.45. The molecular formula is C12H16N4. The van der Waals surface area contributed by atoms with Gasteiger partial charge in [-0.05, 0) is 29.7 Å². The van der Waals surface area contributed by atoms with E-state index in [0.717, 1.165) is 17.1 Å². The third-order valence-electron chi connectivity index (χ3n) is 2.46. The van der Waals surface area contributed by atoms with E-state index in [1.165, 1.54) is 0 Å². The third-order valence-corrected chi connectivity index (χ3v) is 2.46. The Hall–Kier alpha value is -1.68. The summed E-state index contributed by atoms with van der Waals surface area (Å²) in [4.78, 5) is 4.57. The maximum atomic E-state index is 5.68. The Morgan fingerprint density at radius 2 is 2.19 bits per heavy atom. The van der Waals surface area contributed by atoms with Crippen molar-refractivity contribution < 1.29 is 0 Å². The van der Waals surface area contributed by atoms with Gasteiger partial charge in [0, 0.05) is 24.6 Å². The van der Waals surface area contributed by atoms with E-state index in [1.54, 1.807) is 10.9 Å². The molecule has 0 fully saturated rings. The molecular weight excluding hydrogens is 200 g/mol. The fourth-order valence-corrected chi connectivity index (χ4v) is 1.53. The van der Waals surface area contributed by atoms with E-state index in [1.807, 2.05) is 18.3 Å². The summed E-state index contributed by atoms with van der Waals surface area (Å²) in [5.41, 5.74) is 7.82. The van der Waals surface area contributed by atoms with Gasteiger partial charge < -0.3 is 5.73 Å².